The molecule has 0 bridgehead atoms. The van der Waals surface area contributed by atoms with E-state index in [2.05, 4.69) is 21.8 Å². The fourth-order valence-electron chi connectivity index (χ4n) is 3.44. The molecule has 0 spiro atoms. The maximum Gasteiger partial charge on any atom is 0.139 e. The number of rotatable bonds is 7. The van der Waals surface area contributed by atoms with Crippen LogP contribution in [0.15, 0.2) is 30.6 Å². The van der Waals surface area contributed by atoms with Gasteiger partial charge in [-0.3, -0.25) is 0 Å². The van der Waals surface area contributed by atoms with Crippen LogP contribution in [0, 0.1) is 11.6 Å². The Balaban J connectivity index is 1.59. The average Bonchev–Trinajstić information content (AvgIpc) is 3.22. The predicted molar refractivity (Wildman–Crippen MR) is 92.3 cm³/mol. The largest absolute Gasteiger partial charge is 0.369 e. The van der Waals surface area contributed by atoms with Crippen LogP contribution in [0.25, 0.3) is 0 Å². The molecular weight excluding hydrogens is 324 g/mol. The standard InChI is InChI=1S/C19H25F2N3O/c1-3-24-11-10-22-19(24)18-17(9-12-25-18)23-13(2)7-8-14-15(20)5-4-6-16(14)21/h4-6,10-11,13,17-18,23H,3,7-9,12H2,1-2H3/t13?,17-,18-/m0/s1. The zero-order chi connectivity index (χ0) is 17.8. The molecule has 25 heavy (non-hydrogen) atoms. The number of imidazole rings is 1. The summed E-state index contributed by atoms with van der Waals surface area (Å²) in [5.74, 6) is -0.0108. The number of benzene rings is 1. The van der Waals surface area contributed by atoms with Gasteiger partial charge in [-0.25, -0.2) is 13.8 Å². The summed E-state index contributed by atoms with van der Waals surface area (Å²) in [6, 6.07) is 4.29. The smallest absolute Gasteiger partial charge is 0.139 e. The summed E-state index contributed by atoms with van der Waals surface area (Å²) in [6.07, 6.45) is 5.60. The lowest BCUT2D eigenvalue weighted by Crippen LogP contribution is -2.39. The van der Waals surface area contributed by atoms with Crippen LogP contribution in [0.4, 0.5) is 8.78 Å². The Labute approximate surface area is 147 Å². The summed E-state index contributed by atoms with van der Waals surface area (Å²) in [7, 11) is 0. The van der Waals surface area contributed by atoms with Gasteiger partial charge >= 0.3 is 0 Å². The molecule has 1 aromatic heterocycles. The van der Waals surface area contributed by atoms with E-state index >= 15 is 0 Å². The first-order chi connectivity index (χ1) is 12.1. The molecule has 2 heterocycles. The molecular formula is C19H25F2N3O. The van der Waals surface area contributed by atoms with Crippen molar-refractivity contribution in [1.29, 1.82) is 0 Å². The Bertz CT molecular complexity index is 683. The minimum atomic E-state index is -0.473. The average molecular weight is 349 g/mol. The van der Waals surface area contributed by atoms with E-state index in [9.17, 15) is 8.78 Å². The van der Waals surface area contributed by atoms with Gasteiger partial charge in [0.1, 0.15) is 23.6 Å². The van der Waals surface area contributed by atoms with Crippen LogP contribution in [0.2, 0.25) is 0 Å². The van der Waals surface area contributed by atoms with E-state index in [0.717, 1.165) is 18.8 Å². The first-order valence-electron chi connectivity index (χ1n) is 8.91. The zero-order valence-corrected chi connectivity index (χ0v) is 14.7. The van der Waals surface area contributed by atoms with Gasteiger partial charge in [-0.1, -0.05) is 6.07 Å². The molecule has 4 nitrogen and oxygen atoms in total. The first kappa shape index (κ1) is 18.0. The van der Waals surface area contributed by atoms with Gasteiger partial charge < -0.3 is 14.6 Å². The van der Waals surface area contributed by atoms with Crippen LogP contribution < -0.4 is 5.32 Å². The predicted octanol–water partition coefficient (Wildman–Crippen LogP) is 3.62. The monoisotopic (exact) mass is 349 g/mol. The normalized spacial score (nSPS) is 21.6. The van der Waals surface area contributed by atoms with Crippen molar-refractivity contribution < 1.29 is 13.5 Å². The van der Waals surface area contributed by atoms with Gasteiger partial charge in [0.2, 0.25) is 0 Å². The van der Waals surface area contributed by atoms with Crippen molar-refractivity contribution in [2.45, 2.75) is 57.8 Å². The third kappa shape index (κ3) is 4.07. The Morgan fingerprint density at radius 1 is 1.36 bits per heavy atom. The van der Waals surface area contributed by atoms with Crippen molar-refractivity contribution in [3.63, 3.8) is 0 Å². The van der Waals surface area contributed by atoms with Crippen LogP contribution in [0.1, 0.15) is 44.2 Å². The summed E-state index contributed by atoms with van der Waals surface area (Å²) in [5, 5.41) is 3.55. The van der Waals surface area contributed by atoms with E-state index in [4.69, 9.17) is 4.74 Å². The second kappa shape index (κ2) is 8.06. The molecule has 136 valence electrons. The second-order valence-electron chi connectivity index (χ2n) is 6.56. The van der Waals surface area contributed by atoms with Crippen molar-refractivity contribution in [3.05, 3.63) is 53.6 Å². The highest BCUT2D eigenvalue weighted by Crippen LogP contribution is 2.29. The molecule has 3 rings (SSSR count). The number of hydrogen-bond donors (Lipinski definition) is 1. The lowest BCUT2D eigenvalue weighted by atomic mass is 10.0. The topological polar surface area (TPSA) is 39.1 Å². The summed E-state index contributed by atoms with van der Waals surface area (Å²) in [5.41, 5.74) is 0.164. The highest BCUT2D eigenvalue weighted by atomic mass is 19.1. The zero-order valence-electron chi connectivity index (χ0n) is 14.7. The number of nitrogens with zero attached hydrogens (tertiary/aromatic N) is 2. The number of nitrogens with one attached hydrogen (secondary N) is 1. The van der Waals surface area contributed by atoms with E-state index < -0.39 is 11.6 Å². The number of halogens is 2. The number of aryl methyl sites for hydroxylation is 1. The van der Waals surface area contributed by atoms with Crippen molar-refractivity contribution in [1.82, 2.24) is 14.9 Å². The van der Waals surface area contributed by atoms with Crippen molar-refractivity contribution >= 4 is 0 Å². The van der Waals surface area contributed by atoms with Gasteiger partial charge in [0.25, 0.3) is 0 Å². The quantitative estimate of drug-likeness (QED) is 0.830. The van der Waals surface area contributed by atoms with Gasteiger partial charge in [-0.2, -0.15) is 0 Å². The van der Waals surface area contributed by atoms with Crippen LogP contribution in [-0.2, 0) is 17.7 Å². The van der Waals surface area contributed by atoms with E-state index in [0.29, 0.717) is 19.4 Å². The van der Waals surface area contributed by atoms with Gasteiger partial charge in [0.05, 0.1) is 0 Å². The Morgan fingerprint density at radius 2 is 2.12 bits per heavy atom. The van der Waals surface area contributed by atoms with Gasteiger partial charge in [-0.15, -0.1) is 0 Å². The van der Waals surface area contributed by atoms with Crippen LogP contribution in [-0.4, -0.2) is 28.2 Å². The second-order valence-corrected chi connectivity index (χ2v) is 6.56. The highest BCUT2D eigenvalue weighted by molar-refractivity contribution is 5.19. The molecule has 1 fully saturated rings. The van der Waals surface area contributed by atoms with Crippen molar-refractivity contribution in [2.75, 3.05) is 6.61 Å². The third-order valence-electron chi connectivity index (χ3n) is 4.82. The SMILES string of the molecule is CCn1ccnc1[C@H]1OCC[C@@H]1NC(C)CCc1c(F)cccc1F. The van der Waals surface area contributed by atoms with Crippen LogP contribution in [0.3, 0.4) is 0 Å². The molecule has 1 N–H and O–H groups in total. The highest BCUT2D eigenvalue weighted by Gasteiger charge is 2.33. The molecule has 0 radical (unpaired) electrons. The molecule has 1 aliphatic rings. The van der Waals surface area contributed by atoms with Gasteiger partial charge in [0, 0.05) is 43.2 Å². The van der Waals surface area contributed by atoms with Crippen molar-refractivity contribution in [3.8, 4) is 0 Å². The van der Waals surface area contributed by atoms with E-state index in [-0.39, 0.29) is 23.8 Å². The minimum absolute atomic E-state index is 0.0809. The fourth-order valence-corrected chi connectivity index (χ4v) is 3.44. The minimum Gasteiger partial charge on any atom is -0.369 e. The summed E-state index contributed by atoms with van der Waals surface area (Å²) in [6.45, 7) is 5.66. The molecule has 1 saturated heterocycles. The maximum absolute atomic E-state index is 13.7. The Hall–Kier alpha value is -1.79. The lowest BCUT2D eigenvalue weighted by molar-refractivity contribution is 0.0867. The van der Waals surface area contributed by atoms with Crippen LogP contribution >= 0.6 is 0 Å². The summed E-state index contributed by atoms with van der Waals surface area (Å²) in [4.78, 5) is 4.44. The molecule has 2 aromatic rings. The molecule has 0 amide bonds. The third-order valence-corrected chi connectivity index (χ3v) is 4.82. The summed E-state index contributed by atoms with van der Waals surface area (Å²) >= 11 is 0. The Kier molecular flexibility index (Phi) is 5.81. The maximum atomic E-state index is 13.7. The number of ether oxygens (including phenoxy) is 1. The summed E-state index contributed by atoms with van der Waals surface area (Å²) < 4.78 is 35.5. The van der Waals surface area contributed by atoms with E-state index in [1.807, 2.05) is 13.1 Å². The number of aromatic nitrogens is 2. The van der Waals surface area contributed by atoms with E-state index in [1.54, 1.807) is 6.20 Å². The van der Waals surface area contributed by atoms with Crippen LogP contribution in [0.5, 0.6) is 0 Å². The first-order valence-corrected chi connectivity index (χ1v) is 8.91. The van der Waals surface area contributed by atoms with Crippen molar-refractivity contribution in [2.24, 2.45) is 0 Å². The molecule has 6 heteroatoms. The fraction of sp³-hybridized carbons (Fsp3) is 0.526. The Morgan fingerprint density at radius 3 is 2.84 bits per heavy atom. The molecule has 1 aromatic carbocycles. The van der Waals surface area contributed by atoms with Gasteiger partial charge in [-0.05, 0) is 45.2 Å². The molecule has 1 aliphatic heterocycles. The molecule has 3 atom stereocenters. The van der Waals surface area contributed by atoms with Gasteiger partial charge in [0.15, 0.2) is 0 Å². The lowest BCUT2D eigenvalue weighted by Gasteiger charge is -2.24. The molecule has 0 saturated carbocycles. The van der Waals surface area contributed by atoms with E-state index in [1.165, 1.54) is 18.2 Å². The molecule has 1 unspecified atom stereocenters. The number of hydrogen-bond acceptors (Lipinski definition) is 3. The molecule has 0 aliphatic carbocycles.